The zero-order valence-corrected chi connectivity index (χ0v) is 24.4. The summed E-state index contributed by atoms with van der Waals surface area (Å²) in [7, 11) is 1.25. The summed E-state index contributed by atoms with van der Waals surface area (Å²) in [5.41, 5.74) is -13.9. The van der Waals surface area contributed by atoms with Gasteiger partial charge in [0.05, 0.1) is 40.7 Å². The monoisotopic (exact) mass is 731 g/mol. The minimum atomic E-state index is -6.74. The molecule has 0 heterocycles. The van der Waals surface area contributed by atoms with Crippen LogP contribution in [0, 0.1) is 17.1 Å². The van der Waals surface area contributed by atoms with Gasteiger partial charge in [-0.05, 0) is 64.5 Å². The third-order valence-electron chi connectivity index (χ3n) is 6.35. The van der Waals surface area contributed by atoms with Crippen LogP contribution in [0.4, 0.5) is 59.7 Å². The van der Waals surface area contributed by atoms with E-state index in [4.69, 9.17) is 10.00 Å². The van der Waals surface area contributed by atoms with Gasteiger partial charge >= 0.3 is 24.2 Å². The first-order valence-corrected chi connectivity index (χ1v) is 13.1. The summed E-state index contributed by atoms with van der Waals surface area (Å²) in [6.07, 6.45) is -19.2. The second-order valence-corrected chi connectivity index (χ2v) is 10.1. The maximum atomic E-state index is 15.7. The number of amides is 2. The van der Waals surface area contributed by atoms with Gasteiger partial charge in [-0.15, -0.1) is 0 Å². The van der Waals surface area contributed by atoms with Crippen LogP contribution in [-0.4, -0.2) is 44.4 Å². The molecule has 0 bridgehead atoms. The number of anilines is 2. The van der Waals surface area contributed by atoms with Crippen molar-refractivity contribution in [1.29, 1.82) is 5.26 Å². The van der Waals surface area contributed by atoms with Gasteiger partial charge in [0, 0.05) is 29.3 Å². The molecule has 0 fully saturated rings. The van der Waals surface area contributed by atoms with E-state index < -0.39 is 80.4 Å². The Balaban J connectivity index is 2.11. The van der Waals surface area contributed by atoms with Crippen molar-refractivity contribution in [3.05, 3.63) is 92.7 Å². The fourth-order valence-corrected chi connectivity index (χ4v) is 4.65. The number of benzene rings is 3. The van der Waals surface area contributed by atoms with E-state index in [0.717, 1.165) is 23.1 Å². The molecule has 0 aliphatic heterocycles. The van der Waals surface area contributed by atoms with E-state index >= 15 is 4.39 Å². The molecule has 1 N–H and O–H groups in total. The van der Waals surface area contributed by atoms with Crippen molar-refractivity contribution in [3.8, 4) is 6.07 Å². The molecule has 0 saturated carbocycles. The molecule has 3 aromatic rings. The van der Waals surface area contributed by atoms with Crippen LogP contribution in [0.3, 0.4) is 0 Å². The summed E-state index contributed by atoms with van der Waals surface area (Å²) >= 11 is 2.36. The summed E-state index contributed by atoms with van der Waals surface area (Å²) in [4.78, 5) is 27.1. The maximum absolute atomic E-state index is 15.7. The second kappa shape index (κ2) is 13.2. The fraction of sp³-hybridized carbons (Fsp3) is 0.250. The molecule has 3 aromatic carbocycles. The van der Waals surface area contributed by atoms with Crippen molar-refractivity contribution in [2.75, 3.05) is 30.5 Å². The van der Waals surface area contributed by atoms with Crippen molar-refractivity contribution in [2.24, 2.45) is 0 Å². The van der Waals surface area contributed by atoms with Gasteiger partial charge in [0.25, 0.3) is 11.8 Å². The van der Waals surface area contributed by atoms with Crippen LogP contribution in [-0.2, 0) is 16.6 Å². The molecule has 2 amide bonds. The van der Waals surface area contributed by atoms with E-state index in [2.05, 4.69) is 15.9 Å². The van der Waals surface area contributed by atoms with Crippen LogP contribution in [0.2, 0.25) is 0 Å². The first-order valence-electron chi connectivity index (χ1n) is 12.3. The topological polar surface area (TPSA) is 82.4 Å². The highest BCUT2D eigenvalue weighted by atomic mass is 79.9. The van der Waals surface area contributed by atoms with Gasteiger partial charge < -0.3 is 15.0 Å². The van der Waals surface area contributed by atoms with Gasteiger partial charge in [0.1, 0.15) is 0 Å². The number of methoxy groups -OCH3 is 1. The third-order valence-corrected chi connectivity index (χ3v) is 6.98. The molecule has 0 aliphatic rings. The lowest BCUT2D eigenvalue weighted by Crippen LogP contribution is -2.50. The molecule has 0 atom stereocenters. The van der Waals surface area contributed by atoms with Crippen molar-refractivity contribution < 1.29 is 62.6 Å². The lowest BCUT2D eigenvalue weighted by molar-refractivity contribution is -0.348. The summed E-state index contributed by atoms with van der Waals surface area (Å²) in [5, 5.41) is 10.6. The van der Waals surface area contributed by atoms with Crippen molar-refractivity contribution in [1.82, 2.24) is 0 Å². The molecule has 246 valence electrons. The van der Waals surface area contributed by atoms with Gasteiger partial charge in [-0.2, -0.15) is 44.8 Å². The number of ether oxygens (including phenoxy) is 1. The zero-order valence-electron chi connectivity index (χ0n) is 22.8. The van der Waals surface area contributed by atoms with Gasteiger partial charge in [0.15, 0.2) is 5.82 Å². The average Bonchev–Trinajstić information content (AvgIpc) is 2.96. The van der Waals surface area contributed by atoms with Crippen LogP contribution in [0.15, 0.2) is 59.1 Å². The van der Waals surface area contributed by atoms with Gasteiger partial charge in [-0.25, -0.2) is 8.78 Å². The summed E-state index contributed by atoms with van der Waals surface area (Å²) in [6, 6.07) is 8.73. The Labute approximate surface area is 260 Å². The summed E-state index contributed by atoms with van der Waals surface area (Å²) in [5.74, 6) is -3.98. The quantitative estimate of drug-likeness (QED) is 0.237. The summed E-state index contributed by atoms with van der Waals surface area (Å²) in [6.45, 7) is -0.482. The number of carbonyl (C=O) groups is 2. The molecule has 0 radical (unpaired) electrons. The maximum Gasteiger partial charge on any atom is 0.435 e. The molecule has 18 heteroatoms. The standard InChI is InChI=1S/C28H17BrF11N3O3/c1-46-10-9-43(24(45)15-7-5-14(13-41)6-8-15)20-4-2-3-17(21(20)30)23(44)42-22-18(26(32,33)34)11-16(12-19(22)29)25(31,27(35,36)37)28(38,39)40/h2-8,11-12H,9-10H2,1H3,(H,42,44). The number of hydrogen-bond acceptors (Lipinski definition) is 4. The number of nitriles is 1. The van der Waals surface area contributed by atoms with Crippen molar-refractivity contribution in [3.63, 3.8) is 0 Å². The number of alkyl halides is 10. The summed E-state index contributed by atoms with van der Waals surface area (Å²) < 4.78 is 155. The molecular weight excluding hydrogens is 715 g/mol. The molecule has 0 unspecified atom stereocenters. The molecule has 46 heavy (non-hydrogen) atoms. The number of carbonyl (C=O) groups excluding carboxylic acids is 2. The number of nitrogens with zero attached hydrogens (tertiary/aromatic N) is 2. The fourth-order valence-electron chi connectivity index (χ4n) is 4.09. The van der Waals surface area contributed by atoms with Crippen LogP contribution >= 0.6 is 15.9 Å². The van der Waals surface area contributed by atoms with E-state index in [-0.39, 0.29) is 30.3 Å². The predicted molar refractivity (Wildman–Crippen MR) is 143 cm³/mol. The lowest BCUT2D eigenvalue weighted by atomic mass is 9.92. The molecular formula is C28H17BrF11N3O3. The predicted octanol–water partition coefficient (Wildman–Crippen LogP) is 8.31. The van der Waals surface area contributed by atoms with Crippen molar-refractivity contribution in [2.45, 2.75) is 24.2 Å². The first kappa shape index (κ1) is 36.2. The minimum absolute atomic E-state index is 0.0372. The molecule has 0 saturated heterocycles. The SMILES string of the molecule is COCCN(C(=O)c1ccc(C#N)cc1)c1cccc(C(=O)Nc2c(Br)cc(C(F)(C(F)(F)F)C(F)(F)F)cc2C(F)(F)F)c1F. The Morgan fingerprint density at radius 3 is 2.02 bits per heavy atom. The second-order valence-electron chi connectivity index (χ2n) is 9.26. The highest BCUT2D eigenvalue weighted by molar-refractivity contribution is 9.10. The zero-order chi connectivity index (χ0) is 34.8. The van der Waals surface area contributed by atoms with E-state index in [1.54, 1.807) is 5.32 Å². The van der Waals surface area contributed by atoms with E-state index in [1.165, 1.54) is 31.4 Å². The Bertz CT molecular complexity index is 1650. The number of halogens is 12. The highest BCUT2D eigenvalue weighted by Gasteiger charge is 2.73. The van der Waals surface area contributed by atoms with Gasteiger partial charge in [-0.3, -0.25) is 9.59 Å². The highest BCUT2D eigenvalue weighted by Crippen LogP contribution is 2.55. The van der Waals surface area contributed by atoms with E-state index in [1.807, 2.05) is 6.07 Å². The number of nitrogens with one attached hydrogen (secondary N) is 1. The van der Waals surface area contributed by atoms with Crippen LogP contribution in [0.1, 0.15) is 37.4 Å². The molecule has 0 aromatic heterocycles. The van der Waals surface area contributed by atoms with Crippen molar-refractivity contribution >= 4 is 39.1 Å². The minimum Gasteiger partial charge on any atom is -0.383 e. The van der Waals surface area contributed by atoms with Crippen LogP contribution in [0.25, 0.3) is 0 Å². The Morgan fingerprint density at radius 2 is 1.52 bits per heavy atom. The van der Waals surface area contributed by atoms with Crippen LogP contribution < -0.4 is 10.2 Å². The smallest absolute Gasteiger partial charge is 0.383 e. The van der Waals surface area contributed by atoms with E-state index in [0.29, 0.717) is 0 Å². The average molecular weight is 732 g/mol. The molecule has 3 rings (SSSR count). The molecule has 0 spiro atoms. The Morgan fingerprint density at radius 1 is 0.935 bits per heavy atom. The van der Waals surface area contributed by atoms with Crippen LogP contribution in [0.5, 0.6) is 0 Å². The first-order chi connectivity index (χ1) is 21.2. The number of hydrogen-bond donors (Lipinski definition) is 1. The Hall–Kier alpha value is -4.24. The van der Waals surface area contributed by atoms with Gasteiger partial charge in [0.2, 0.25) is 0 Å². The molecule has 6 nitrogen and oxygen atoms in total. The third kappa shape index (κ3) is 7.09. The van der Waals surface area contributed by atoms with Gasteiger partial charge in [-0.1, -0.05) is 6.07 Å². The molecule has 0 aliphatic carbocycles. The normalized spacial score (nSPS) is 12.4. The lowest BCUT2D eigenvalue weighted by Gasteiger charge is -2.31. The number of rotatable bonds is 8. The Kier molecular flexibility index (Phi) is 10.4. The van der Waals surface area contributed by atoms with E-state index in [9.17, 15) is 53.5 Å². The largest absolute Gasteiger partial charge is 0.435 e.